The molecule has 0 saturated heterocycles. The SMILES string of the molecule is CN(c1ccccc1)c1ccccc1C(C)(C)C.CN(c1ccccc1)c1ccccc1C(C)(c1ccccc1)c1ccccc1.Cc1ccccc1C(C)(C)C.Cc1ccccc1C(C)(c1ccccc1)c1ccccc1. The first-order valence-electron chi connectivity index (χ1n) is 27.6. The highest BCUT2D eigenvalue weighted by Crippen LogP contribution is 2.45. The van der Waals surface area contributed by atoms with E-state index in [0.29, 0.717) is 0 Å². The van der Waals surface area contributed by atoms with Gasteiger partial charge in [0, 0.05) is 47.7 Å². The molecule has 10 aromatic carbocycles. The van der Waals surface area contributed by atoms with Crippen molar-refractivity contribution in [2.45, 2.75) is 90.9 Å². The molecule has 0 unspecified atom stereocenters. The van der Waals surface area contributed by atoms with Crippen molar-refractivity contribution >= 4 is 22.7 Å². The van der Waals surface area contributed by atoms with Gasteiger partial charge in [0.2, 0.25) is 0 Å². The van der Waals surface area contributed by atoms with Crippen molar-refractivity contribution in [1.82, 2.24) is 0 Å². The molecule has 2 heteroatoms. The Bertz CT molecular complexity index is 3270. The molecule has 10 aromatic rings. The Hall–Kier alpha value is -8.20. The van der Waals surface area contributed by atoms with Crippen LogP contribution in [0.5, 0.6) is 0 Å². The summed E-state index contributed by atoms with van der Waals surface area (Å²) in [5.74, 6) is 0. The molecule has 0 aliphatic heterocycles. The van der Waals surface area contributed by atoms with Gasteiger partial charge in [-0.25, -0.2) is 0 Å². The summed E-state index contributed by atoms with van der Waals surface area (Å²) in [6.07, 6.45) is 0. The minimum atomic E-state index is -0.262. The van der Waals surface area contributed by atoms with Crippen LogP contribution in [0, 0.1) is 13.8 Å². The van der Waals surface area contributed by atoms with Crippen LogP contribution in [0.2, 0.25) is 0 Å². The minimum absolute atomic E-state index is 0.131. The number of hydrogen-bond acceptors (Lipinski definition) is 2. The summed E-state index contributed by atoms with van der Waals surface area (Å²) in [5, 5.41) is 0. The first-order valence-corrected chi connectivity index (χ1v) is 27.6. The second kappa shape index (κ2) is 26.2. The number of hydrogen-bond donors (Lipinski definition) is 0. The molecule has 0 N–H and O–H groups in total. The van der Waals surface area contributed by atoms with Gasteiger partial charge in [0.15, 0.2) is 0 Å². The second-order valence-corrected chi connectivity index (χ2v) is 22.7. The minimum Gasteiger partial charge on any atom is -0.344 e. The average Bonchev–Trinajstić information content (AvgIpc) is 3.51. The number of rotatable bonds is 10. The van der Waals surface area contributed by atoms with Gasteiger partial charge in [-0.2, -0.15) is 0 Å². The van der Waals surface area contributed by atoms with Gasteiger partial charge in [0.25, 0.3) is 0 Å². The van der Waals surface area contributed by atoms with Gasteiger partial charge in [-0.3, -0.25) is 0 Å². The molecule has 2 nitrogen and oxygen atoms in total. The summed E-state index contributed by atoms with van der Waals surface area (Å²) in [6, 6.07) is 98.7. The van der Waals surface area contributed by atoms with Crippen molar-refractivity contribution in [3.63, 3.8) is 0 Å². The molecule has 10 rings (SSSR count). The van der Waals surface area contributed by atoms with E-state index in [1.54, 1.807) is 0 Å². The van der Waals surface area contributed by atoms with Gasteiger partial charge >= 0.3 is 0 Å². The number of nitrogens with zero attached hydrogens (tertiary/aromatic N) is 2. The fourth-order valence-corrected chi connectivity index (χ4v) is 10.8. The van der Waals surface area contributed by atoms with Crippen LogP contribution in [0.15, 0.2) is 279 Å². The van der Waals surface area contributed by atoms with Crippen LogP contribution in [-0.2, 0) is 21.7 Å². The van der Waals surface area contributed by atoms with Crippen molar-refractivity contribution in [2.75, 3.05) is 23.9 Å². The Morgan fingerprint density at radius 3 is 0.769 bits per heavy atom. The molecule has 0 fully saturated rings. The van der Waals surface area contributed by atoms with E-state index in [1.165, 1.54) is 78.4 Å². The van der Waals surface area contributed by atoms with Gasteiger partial charge < -0.3 is 9.80 Å². The number of anilines is 4. The third-order valence-electron chi connectivity index (χ3n) is 15.2. The third-order valence-corrected chi connectivity index (χ3v) is 15.2. The molecule has 396 valence electrons. The van der Waals surface area contributed by atoms with E-state index in [0.717, 1.165) is 0 Å². The van der Waals surface area contributed by atoms with Crippen molar-refractivity contribution in [2.24, 2.45) is 0 Å². The summed E-state index contributed by atoms with van der Waals surface area (Å²) in [7, 11) is 4.27. The fraction of sp³-hybridized carbons (Fsp3) is 0.211. The number of benzene rings is 10. The van der Waals surface area contributed by atoms with Gasteiger partial charge in [-0.1, -0.05) is 284 Å². The molecule has 0 spiro atoms. The highest BCUT2D eigenvalue weighted by Gasteiger charge is 2.34. The molecule has 0 aliphatic carbocycles. The summed E-state index contributed by atoms with van der Waals surface area (Å²) in [5.41, 5.74) is 18.3. The first kappa shape index (κ1) is 57.5. The van der Waals surface area contributed by atoms with E-state index in [1.807, 2.05) is 6.07 Å². The molecule has 0 radical (unpaired) electrons. The van der Waals surface area contributed by atoms with Gasteiger partial charge in [-0.05, 0) is 131 Å². The second-order valence-electron chi connectivity index (χ2n) is 22.7. The van der Waals surface area contributed by atoms with Gasteiger partial charge in [0.05, 0.1) is 0 Å². The summed E-state index contributed by atoms with van der Waals surface area (Å²) >= 11 is 0. The Labute approximate surface area is 469 Å². The number of para-hydroxylation sites is 4. The lowest BCUT2D eigenvalue weighted by Crippen LogP contribution is -2.28. The number of aryl methyl sites for hydroxylation is 2. The normalized spacial score (nSPS) is 11.3. The highest BCUT2D eigenvalue weighted by molar-refractivity contribution is 5.71. The van der Waals surface area contributed by atoms with E-state index in [9.17, 15) is 0 Å². The Kier molecular flexibility index (Phi) is 19.3. The maximum atomic E-state index is 2.33. The smallest absolute Gasteiger partial charge is 0.0453 e. The predicted molar refractivity (Wildman–Crippen MR) is 339 cm³/mol. The Morgan fingerprint density at radius 1 is 0.231 bits per heavy atom. The predicted octanol–water partition coefficient (Wildman–Crippen LogP) is 20.2. The molecule has 78 heavy (non-hydrogen) atoms. The van der Waals surface area contributed by atoms with Crippen molar-refractivity contribution < 1.29 is 0 Å². The molecule has 0 aliphatic rings. The zero-order chi connectivity index (χ0) is 55.8. The van der Waals surface area contributed by atoms with E-state index in [-0.39, 0.29) is 21.7 Å². The zero-order valence-corrected chi connectivity index (χ0v) is 48.5. The maximum absolute atomic E-state index is 2.33. The van der Waals surface area contributed by atoms with Crippen molar-refractivity contribution in [1.29, 1.82) is 0 Å². The average molecular weight is 1020 g/mol. The summed E-state index contributed by atoms with van der Waals surface area (Å²) in [4.78, 5) is 4.53. The van der Waals surface area contributed by atoms with Crippen LogP contribution >= 0.6 is 0 Å². The maximum Gasteiger partial charge on any atom is 0.0453 e. The summed E-state index contributed by atoms with van der Waals surface area (Å²) < 4.78 is 0. The molecular formula is C76H82N2. The van der Waals surface area contributed by atoms with E-state index in [4.69, 9.17) is 0 Å². The lowest BCUT2D eigenvalue weighted by molar-refractivity contribution is 0.586. The van der Waals surface area contributed by atoms with Crippen LogP contribution in [0.25, 0.3) is 0 Å². The topological polar surface area (TPSA) is 6.48 Å². The lowest BCUT2D eigenvalue weighted by Gasteiger charge is -2.36. The molecular weight excluding hydrogens is 941 g/mol. The van der Waals surface area contributed by atoms with Crippen LogP contribution in [-0.4, -0.2) is 14.1 Å². The monoisotopic (exact) mass is 1020 g/mol. The third kappa shape index (κ3) is 13.8. The summed E-state index contributed by atoms with van der Waals surface area (Å²) in [6.45, 7) is 22.5. The highest BCUT2D eigenvalue weighted by atomic mass is 15.1. The van der Waals surface area contributed by atoms with Crippen molar-refractivity contribution in [3.8, 4) is 0 Å². The molecule has 0 bridgehead atoms. The van der Waals surface area contributed by atoms with Crippen LogP contribution in [0.4, 0.5) is 22.7 Å². The van der Waals surface area contributed by atoms with E-state index >= 15 is 0 Å². The van der Waals surface area contributed by atoms with Crippen molar-refractivity contribution in [3.05, 3.63) is 335 Å². The van der Waals surface area contributed by atoms with Gasteiger partial charge in [-0.15, -0.1) is 0 Å². The molecule has 0 saturated carbocycles. The quantitative estimate of drug-likeness (QED) is 0.126. The standard InChI is InChI=1S/C27H25N.C21H20.C17H21N.C11H16/c1-27(22-14-6-3-7-15-22,23-16-8-4-9-17-23)25-20-12-13-21-26(25)28(2)24-18-10-5-11-19-24;1-17-11-9-10-16-20(17)21(2,18-12-5-3-6-13-18)19-14-7-4-8-15-19;1-17(2,3)15-12-8-9-13-16(15)18(4)14-10-6-5-7-11-14;1-9-7-5-6-8-10(9)11(2,3)4/h3-21H,1-2H3;3-16H,1-2H3;5-13H,1-4H3;5-8H,1-4H3. The van der Waals surface area contributed by atoms with Gasteiger partial charge in [0.1, 0.15) is 0 Å². The van der Waals surface area contributed by atoms with E-state index in [2.05, 4.69) is 366 Å². The molecule has 0 atom stereocenters. The van der Waals surface area contributed by atoms with Crippen LogP contribution in [0.1, 0.15) is 111 Å². The molecule has 0 aromatic heterocycles. The largest absolute Gasteiger partial charge is 0.344 e. The molecule has 0 heterocycles. The van der Waals surface area contributed by atoms with E-state index < -0.39 is 0 Å². The Balaban J connectivity index is 0.000000158. The van der Waals surface area contributed by atoms with Crippen LogP contribution < -0.4 is 9.80 Å². The lowest BCUT2D eigenvalue weighted by atomic mass is 9.70. The van der Waals surface area contributed by atoms with Crippen LogP contribution in [0.3, 0.4) is 0 Å². The Morgan fingerprint density at radius 2 is 0.462 bits per heavy atom. The first-order chi connectivity index (χ1) is 37.5. The zero-order valence-electron chi connectivity index (χ0n) is 48.5. The molecule has 0 amide bonds. The fourth-order valence-electron chi connectivity index (χ4n) is 10.8.